The zero-order valence-electron chi connectivity index (χ0n) is 11.4. The zero-order chi connectivity index (χ0) is 13.5. The lowest BCUT2D eigenvalue weighted by atomic mass is 9.95. The molecule has 0 saturated heterocycles. The highest BCUT2D eigenvalue weighted by Crippen LogP contribution is 2.15. The third-order valence-electron chi connectivity index (χ3n) is 3.36. The Morgan fingerprint density at radius 3 is 2.50 bits per heavy atom. The summed E-state index contributed by atoms with van der Waals surface area (Å²) < 4.78 is 13.9. The lowest BCUT2D eigenvalue weighted by molar-refractivity contribution is 0.406. The van der Waals surface area contributed by atoms with Crippen molar-refractivity contribution in [3.8, 4) is 0 Å². The Labute approximate surface area is 108 Å². The van der Waals surface area contributed by atoms with E-state index in [1.54, 1.807) is 0 Å². The number of hydrogen-bond acceptors (Lipinski definition) is 4. The van der Waals surface area contributed by atoms with E-state index in [0.29, 0.717) is 24.6 Å². The third-order valence-corrected chi connectivity index (χ3v) is 3.36. The van der Waals surface area contributed by atoms with Crippen LogP contribution in [0.5, 0.6) is 0 Å². The number of nitrogens with one attached hydrogen (secondary N) is 1. The molecule has 1 unspecified atom stereocenters. The van der Waals surface area contributed by atoms with E-state index in [-0.39, 0.29) is 17.7 Å². The van der Waals surface area contributed by atoms with E-state index in [9.17, 15) is 4.39 Å². The Bertz CT molecular complexity index is 366. The summed E-state index contributed by atoms with van der Waals surface area (Å²) in [4.78, 5) is 7.81. The lowest BCUT2D eigenvalue weighted by Gasteiger charge is -2.21. The minimum Gasteiger partial charge on any atom is -0.366 e. The second kappa shape index (κ2) is 7.26. The van der Waals surface area contributed by atoms with Crippen molar-refractivity contribution in [2.75, 3.05) is 11.9 Å². The van der Waals surface area contributed by atoms with Crippen LogP contribution in [0.2, 0.25) is 0 Å². The molecule has 3 N–H and O–H groups in total. The molecule has 1 rings (SSSR count). The highest BCUT2D eigenvalue weighted by Gasteiger charge is 2.15. The molecular weight excluding hydrogens is 231 g/mol. The molecule has 5 heteroatoms. The van der Waals surface area contributed by atoms with Crippen molar-refractivity contribution in [2.24, 2.45) is 11.7 Å². The van der Waals surface area contributed by atoms with Crippen molar-refractivity contribution in [1.82, 2.24) is 9.97 Å². The Morgan fingerprint density at radius 1 is 1.28 bits per heavy atom. The van der Waals surface area contributed by atoms with E-state index < -0.39 is 0 Å². The van der Waals surface area contributed by atoms with Crippen molar-refractivity contribution in [2.45, 2.75) is 46.1 Å². The van der Waals surface area contributed by atoms with E-state index in [2.05, 4.69) is 29.1 Å². The average Bonchev–Trinajstić information content (AvgIpc) is 2.39. The summed E-state index contributed by atoms with van der Waals surface area (Å²) >= 11 is 0. The van der Waals surface area contributed by atoms with Gasteiger partial charge in [0.15, 0.2) is 11.6 Å². The SMILES string of the molecule is CCc1ncnc(NCC(N)C(CC)CC)c1F. The summed E-state index contributed by atoms with van der Waals surface area (Å²) in [7, 11) is 0. The van der Waals surface area contributed by atoms with Gasteiger partial charge < -0.3 is 11.1 Å². The Kier molecular flexibility index (Phi) is 5.98. The van der Waals surface area contributed by atoms with Gasteiger partial charge in [0.2, 0.25) is 0 Å². The molecular formula is C13H23FN4. The second-order valence-corrected chi connectivity index (χ2v) is 4.46. The van der Waals surface area contributed by atoms with E-state index in [1.165, 1.54) is 6.33 Å². The fourth-order valence-corrected chi connectivity index (χ4v) is 2.05. The van der Waals surface area contributed by atoms with Gasteiger partial charge in [-0.15, -0.1) is 0 Å². The van der Waals surface area contributed by atoms with Crippen molar-refractivity contribution in [3.05, 3.63) is 17.8 Å². The summed E-state index contributed by atoms with van der Waals surface area (Å²) in [5, 5.41) is 2.99. The third kappa shape index (κ3) is 3.63. The molecule has 102 valence electrons. The second-order valence-electron chi connectivity index (χ2n) is 4.46. The van der Waals surface area contributed by atoms with Crippen LogP contribution >= 0.6 is 0 Å². The molecule has 0 aromatic carbocycles. The fourth-order valence-electron chi connectivity index (χ4n) is 2.05. The molecule has 1 aromatic rings. The number of rotatable bonds is 7. The smallest absolute Gasteiger partial charge is 0.186 e. The molecule has 0 spiro atoms. The van der Waals surface area contributed by atoms with Crippen molar-refractivity contribution in [3.63, 3.8) is 0 Å². The van der Waals surface area contributed by atoms with Gasteiger partial charge in [0.1, 0.15) is 6.33 Å². The van der Waals surface area contributed by atoms with Crippen LogP contribution in [0.3, 0.4) is 0 Å². The summed E-state index contributed by atoms with van der Waals surface area (Å²) in [5.41, 5.74) is 6.51. The van der Waals surface area contributed by atoms with Crippen LogP contribution in [-0.4, -0.2) is 22.6 Å². The lowest BCUT2D eigenvalue weighted by Crippen LogP contribution is -2.36. The van der Waals surface area contributed by atoms with Gasteiger partial charge in [-0.2, -0.15) is 0 Å². The van der Waals surface area contributed by atoms with Crippen LogP contribution in [0.4, 0.5) is 10.2 Å². The number of aryl methyl sites for hydroxylation is 1. The Hall–Kier alpha value is -1.23. The number of aromatic nitrogens is 2. The van der Waals surface area contributed by atoms with E-state index in [0.717, 1.165) is 12.8 Å². The van der Waals surface area contributed by atoms with Crippen LogP contribution < -0.4 is 11.1 Å². The minimum atomic E-state index is -0.364. The van der Waals surface area contributed by atoms with Gasteiger partial charge in [0.05, 0.1) is 5.69 Å². The molecule has 0 radical (unpaired) electrons. The first kappa shape index (κ1) is 14.8. The van der Waals surface area contributed by atoms with Crippen molar-refractivity contribution in [1.29, 1.82) is 0 Å². The largest absolute Gasteiger partial charge is 0.366 e. The first-order valence-corrected chi connectivity index (χ1v) is 6.62. The maximum absolute atomic E-state index is 13.9. The number of anilines is 1. The first-order chi connectivity index (χ1) is 8.63. The predicted octanol–water partition coefficient (Wildman–Crippen LogP) is 2.35. The maximum Gasteiger partial charge on any atom is 0.186 e. The number of halogens is 1. The molecule has 4 nitrogen and oxygen atoms in total. The van der Waals surface area contributed by atoms with Gasteiger partial charge >= 0.3 is 0 Å². The molecule has 0 aliphatic carbocycles. The standard InChI is InChI=1S/C13H23FN4/c1-4-9(5-2)10(15)7-16-13-12(14)11(6-3)17-8-18-13/h8-10H,4-7,15H2,1-3H3,(H,16,17,18). The molecule has 0 amide bonds. The molecule has 0 fully saturated rings. The fraction of sp³-hybridized carbons (Fsp3) is 0.692. The predicted molar refractivity (Wildman–Crippen MR) is 71.9 cm³/mol. The molecule has 18 heavy (non-hydrogen) atoms. The molecule has 1 aromatic heterocycles. The highest BCUT2D eigenvalue weighted by molar-refractivity contribution is 5.37. The molecule has 1 heterocycles. The van der Waals surface area contributed by atoms with Crippen molar-refractivity contribution < 1.29 is 4.39 Å². The van der Waals surface area contributed by atoms with Gasteiger partial charge in [-0.05, 0) is 12.3 Å². The van der Waals surface area contributed by atoms with Crippen LogP contribution in [0.25, 0.3) is 0 Å². The molecule has 0 bridgehead atoms. The molecule has 0 aliphatic rings. The van der Waals surface area contributed by atoms with Crippen LogP contribution in [0.15, 0.2) is 6.33 Å². The van der Waals surface area contributed by atoms with Crippen LogP contribution in [0.1, 0.15) is 39.3 Å². The summed E-state index contributed by atoms with van der Waals surface area (Å²) in [5.74, 6) is 0.341. The monoisotopic (exact) mass is 254 g/mol. The van der Waals surface area contributed by atoms with Gasteiger partial charge in [-0.3, -0.25) is 0 Å². The normalized spacial score (nSPS) is 12.8. The summed E-state index contributed by atoms with van der Waals surface area (Å²) in [6.45, 7) is 6.64. The van der Waals surface area contributed by atoms with Crippen molar-refractivity contribution >= 4 is 5.82 Å². The topological polar surface area (TPSA) is 63.8 Å². The quantitative estimate of drug-likeness (QED) is 0.784. The molecule has 0 aliphatic heterocycles. The Balaban J connectivity index is 2.63. The van der Waals surface area contributed by atoms with Crippen LogP contribution in [-0.2, 0) is 6.42 Å². The summed E-state index contributed by atoms with van der Waals surface area (Å²) in [6, 6.07) is 0.0134. The minimum absolute atomic E-state index is 0.0134. The van der Waals surface area contributed by atoms with E-state index in [1.807, 2.05) is 6.92 Å². The number of nitrogens with two attached hydrogens (primary N) is 1. The van der Waals surface area contributed by atoms with E-state index >= 15 is 0 Å². The van der Waals surface area contributed by atoms with E-state index in [4.69, 9.17) is 5.73 Å². The van der Waals surface area contributed by atoms with Gasteiger partial charge in [0, 0.05) is 12.6 Å². The van der Waals surface area contributed by atoms with Gasteiger partial charge in [-0.1, -0.05) is 33.6 Å². The summed E-state index contributed by atoms with van der Waals surface area (Å²) in [6.07, 6.45) is 4.01. The molecule has 0 saturated carbocycles. The van der Waals surface area contributed by atoms with Gasteiger partial charge in [-0.25, -0.2) is 14.4 Å². The average molecular weight is 254 g/mol. The van der Waals surface area contributed by atoms with Crippen LogP contribution in [0, 0.1) is 11.7 Å². The van der Waals surface area contributed by atoms with Gasteiger partial charge in [0.25, 0.3) is 0 Å². The number of nitrogens with zero attached hydrogens (tertiary/aromatic N) is 2. The highest BCUT2D eigenvalue weighted by atomic mass is 19.1. The Morgan fingerprint density at radius 2 is 1.94 bits per heavy atom. The maximum atomic E-state index is 13.9. The zero-order valence-corrected chi connectivity index (χ0v) is 11.4. The molecule has 1 atom stereocenters. The number of hydrogen-bond donors (Lipinski definition) is 2. The first-order valence-electron chi connectivity index (χ1n) is 6.62.